The van der Waals surface area contributed by atoms with Crippen LogP contribution in [0.4, 0.5) is 34.6 Å². The van der Waals surface area contributed by atoms with Crippen LogP contribution in [0.3, 0.4) is 0 Å². The van der Waals surface area contributed by atoms with Crippen LogP contribution in [-0.4, -0.2) is 81.1 Å². The number of likely N-dealkylation sites (tertiary alicyclic amines) is 1. The molecule has 44 heavy (non-hydrogen) atoms. The molecule has 0 saturated carbocycles. The molecule has 2 aromatic carbocycles. The molecule has 0 amide bonds. The molecule has 0 aliphatic carbocycles. The molecule has 6 rings (SSSR count). The molecule has 2 fully saturated rings. The van der Waals surface area contributed by atoms with Gasteiger partial charge in [-0.3, -0.25) is 0 Å². The number of benzene rings is 2. The maximum atomic E-state index is 13.2. The van der Waals surface area contributed by atoms with Crippen molar-refractivity contribution in [1.82, 2.24) is 20.2 Å². The van der Waals surface area contributed by atoms with Crippen LogP contribution in [0.25, 0.3) is 0 Å². The number of aromatic nitrogens is 2. The van der Waals surface area contributed by atoms with Crippen LogP contribution in [0.15, 0.2) is 47.4 Å². The zero-order valence-corrected chi connectivity index (χ0v) is 26.7. The lowest BCUT2D eigenvalue weighted by Crippen LogP contribution is -2.43. The maximum Gasteiger partial charge on any atom is 0.231 e. The number of anilines is 6. The average Bonchev–Trinajstić information content (AvgIpc) is 3.74. The Hall–Kier alpha value is -3.61. The van der Waals surface area contributed by atoms with Crippen molar-refractivity contribution in [1.29, 1.82) is 0 Å². The van der Waals surface area contributed by atoms with E-state index in [1.807, 2.05) is 26.0 Å². The van der Waals surface area contributed by atoms with Gasteiger partial charge in [0.05, 0.1) is 23.4 Å². The third kappa shape index (κ3) is 6.72. The second kappa shape index (κ2) is 13.2. The van der Waals surface area contributed by atoms with Gasteiger partial charge in [0, 0.05) is 49.0 Å². The van der Waals surface area contributed by atoms with Crippen LogP contribution >= 0.6 is 0 Å². The summed E-state index contributed by atoms with van der Waals surface area (Å²) in [6.45, 7) is 9.15. The lowest BCUT2D eigenvalue weighted by Gasteiger charge is -2.38. The number of piperidine rings is 1. The number of sulfone groups is 1. The number of nitrogens with one attached hydrogen (secondary N) is 4. The van der Waals surface area contributed by atoms with Gasteiger partial charge in [-0.2, -0.15) is 9.97 Å². The first-order valence-electron chi connectivity index (χ1n) is 15.7. The summed E-state index contributed by atoms with van der Waals surface area (Å²) < 4.78 is 32.2. The fraction of sp³-hybridized carbons (Fsp3) is 0.500. The van der Waals surface area contributed by atoms with Crippen LogP contribution in [0, 0.1) is 0 Å². The van der Waals surface area contributed by atoms with E-state index in [0.29, 0.717) is 29.2 Å². The van der Waals surface area contributed by atoms with Crippen molar-refractivity contribution in [2.75, 3.05) is 66.6 Å². The number of ether oxygens (including phenoxy) is 1. The number of para-hydroxylation sites is 1. The standard InChI is InChI=1S/C32H44N8O3S/c1-22(2)34-21-44(41,42)29-9-5-4-8-27(29)35-31-25-12-15-33-30(25)37-32(38-31)36-26-11-10-24(20-28(26)43-3)40-18-13-23(14-19-40)39-16-6-7-17-39/h4-5,8-11,20,22-23,34H,6-7,12-19,21H2,1-3H3,(H3,33,35,36,37,38). The van der Waals surface area contributed by atoms with Crippen LogP contribution in [0.1, 0.15) is 45.1 Å². The normalized spacial score (nSPS) is 17.5. The highest BCUT2D eigenvalue weighted by molar-refractivity contribution is 7.91. The van der Waals surface area contributed by atoms with E-state index < -0.39 is 9.84 Å². The zero-order chi connectivity index (χ0) is 30.7. The molecule has 4 N–H and O–H groups in total. The van der Waals surface area contributed by atoms with E-state index in [2.05, 4.69) is 43.2 Å². The van der Waals surface area contributed by atoms with Crippen molar-refractivity contribution in [3.8, 4) is 5.75 Å². The average molecular weight is 621 g/mol. The Balaban J connectivity index is 1.21. The molecule has 236 valence electrons. The minimum Gasteiger partial charge on any atom is -0.494 e. The van der Waals surface area contributed by atoms with Crippen LogP contribution in [0.2, 0.25) is 0 Å². The van der Waals surface area contributed by atoms with E-state index >= 15 is 0 Å². The first-order valence-corrected chi connectivity index (χ1v) is 17.4. The van der Waals surface area contributed by atoms with Crippen LogP contribution in [-0.2, 0) is 16.3 Å². The van der Waals surface area contributed by atoms with Crippen molar-refractivity contribution in [3.63, 3.8) is 0 Å². The number of nitrogens with zero attached hydrogens (tertiary/aromatic N) is 4. The van der Waals surface area contributed by atoms with Gasteiger partial charge in [0.15, 0.2) is 9.84 Å². The molecule has 3 aliphatic heterocycles. The molecule has 0 bridgehead atoms. The molecule has 2 saturated heterocycles. The van der Waals surface area contributed by atoms with E-state index in [1.165, 1.54) is 38.8 Å². The Morgan fingerprint density at radius 1 is 1.00 bits per heavy atom. The molecule has 0 radical (unpaired) electrons. The molecule has 4 heterocycles. The summed E-state index contributed by atoms with van der Waals surface area (Å²) in [5.41, 5.74) is 3.31. The maximum absolute atomic E-state index is 13.2. The molecule has 12 heteroatoms. The van der Waals surface area contributed by atoms with E-state index in [9.17, 15) is 8.42 Å². The fourth-order valence-corrected chi connectivity index (χ4v) is 7.80. The largest absolute Gasteiger partial charge is 0.494 e. The van der Waals surface area contributed by atoms with Gasteiger partial charge < -0.3 is 35.8 Å². The lowest BCUT2D eigenvalue weighted by atomic mass is 10.0. The summed E-state index contributed by atoms with van der Waals surface area (Å²) in [6.07, 6.45) is 5.77. The van der Waals surface area contributed by atoms with Gasteiger partial charge in [-0.05, 0) is 83.3 Å². The molecule has 11 nitrogen and oxygen atoms in total. The number of methoxy groups -OCH3 is 1. The monoisotopic (exact) mass is 620 g/mol. The molecular weight excluding hydrogens is 576 g/mol. The first kappa shape index (κ1) is 30.4. The van der Waals surface area contributed by atoms with Crippen molar-refractivity contribution in [3.05, 3.63) is 48.0 Å². The number of rotatable bonds is 11. The highest BCUT2D eigenvalue weighted by Gasteiger charge is 2.27. The van der Waals surface area contributed by atoms with Gasteiger partial charge in [-0.15, -0.1) is 0 Å². The lowest BCUT2D eigenvalue weighted by molar-refractivity contribution is 0.208. The Labute approximate surface area is 260 Å². The Morgan fingerprint density at radius 2 is 1.77 bits per heavy atom. The Morgan fingerprint density at radius 3 is 2.52 bits per heavy atom. The second-order valence-corrected chi connectivity index (χ2v) is 14.1. The number of fused-ring (bicyclic) bond motifs is 1. The van der Waals surface area contributed by atoms with Gasteiger partial charge in [-0.25, -0.2) is 8.42 Å². The summed E-state index contributed by atoms with van der Waals surface area (Å²) in [4.78, 5) is 14.9. The smallest absolute Gasteiger partial charge is 0.231 e. The van der Waals surface area contributed by atoms with Crippen LogP contribution in [0.5, 0.6) is 5.75 Å². The quantitative estimate of drug-likeness (QED) is 0.238. The second-order valence-electron chi connectivity index (χ2n) is 12.1. The summed E-state index contributed by atoms with van der Waals surface area (Å²) >= 11 is 0. The molecule has 1 aromatic heterocycles. The minimum atomic E-state index is -3.58. The van der Waals surface area contributed by atoms with Crippen molar-refractivity contribution >= 4 is 44.5 Å². The van der Waals surface area contributed by atoms with E-state index in [-0.39, 0.29) is 16.8 Å². The van der Waals surface area contributed by atoms with Crippen LogP contribution < -0.4 is 30.9 Å². The highest BCUT2D eigenvalue weighted by Crippen LogP contribution is 2.36. The predicted octanol–water partition coefficient (Wildman–Crippen LogP) is 4.73. The number of hydrogen-bond acceptors (Lipinski definition) is 11. The molecule has 0 unspecified atom stereocenters. The van der Waals surface area contributed by atoms with Gasteiger partial charge in [0.25, 0.3) is 0 Å². The molecular formula is C32H44N8O3S. The molecule has 3 aliphatic rings. The van der Waals surface area contributed by atoms with Crippen molar-refractivity contribution < 1.29 is 13.2 Å². The summed E-state index contributed by atoms with van der Waals surface area (Å²) in [5, 5.41) is 13.0. The highest BCUT2D eigenvalue weighted by atomic mass is 32.2. The topological polar surface area (TPSA) is 124 Å². The van der Waals surface area contributed by atoms with Gasteiger partial charge in [-0.1, -0.05) is 12.1 Å². The Kier molecular flexibility index (Phi) is 9.11. The van der Waals surface area contributed by atoms with Gasteiger partial charge in [0.2, 0.25) is 5.95 Å². The van der Waals surface area contributed by atoms with E-state index in [1.54, 1.807) is 25.3 Å². The SMILES string of the molecule is COc1cc(N2CCC(N3CCCC3)CC2)ccc1Nc1nc2c(c(Nc3ccccc3S(=O)(=O)CNC(C)C)n1)CCN2. The first-order chi connectivity index (χ1) is 21.3. The van der Waals surface area contributed by atoms with Crippen molar-refractivity contribution in [2.24, 2.45) is 0 Å². The van der Waals surface area contributed by atoms with E-state index in [0.717, 1.165) is 48.8 Å². The molecule has 0 spiro atoms. The van der Waals surface area contributed by atoms with Crippen molar-refractivity contribution in [2.45, 2.75) is 62.9 Å². The molecule has 0 atom stereocenters. The Bertz CT molecular complexity index is 1570. The third-order valence-corrected chi connectivity index (χ3v) is 10.3. The van der Waals surface area contributed by atoms with E-state index in [4.69, 9.17) is 14.7 Å². The molecule has 3 aromatic rings. The summed E-state index contributed by atoms with van der Waals surface area (Å²) in [6, 6.07) is 13.9. The van der Waals surface area contributed by atoms with Gasteiger partial charge >= 0.3 is 0 Å². The zero-order valence-electron chi connectivity index (χ0n) is 25.9. The third-order valence-electron chi connectivity index (χ3n) is 8.75. The predicted molar refractivity (Wildman–Crippen MR) is 177 cm³/mol. The minimum absolute atomic E-state index is 0.0489. The fourth-order valence-electron chi connectivity index (χ4n) is 6.35. The van der Waals surface area contributed by atoms with Gasteiger partial charge in [0.1, 0.15) is 23.3 Å². The summed E-state index contributed by atoms with van der Waals surface area (Å²) in [5.74, 6) is 2.25. The summed E-state index contributed by atoms with van der Waals surface area (Å²) in [7, 11) is -1.91. The number of hydrogen-bond donors (Lipinski definition) is 4.